The van der Waals surface area contributed by atoms with Crippen LogP contribution in [0.4, 0.5) is 0 Å². The van der Waals surface area contributed by atoms with Gasteiger partial charge in [-0.3, -0.25) is 0 Å². The summed E-state index contributed by atoms with van der Waals surface area (Å²) in [6.07, 6.45) is 24.1. The first-order chi connectivity index (χ1) is 17.0. The highest BCUT2D eigenvalue weighted by Crippen LogP contribution is 2.66. The van der Waals surface area contributed by atoms with Crippen molar-refractivity contribution in [3.05, 3.63) is 11.6 Å². The molecule has 0 N–H and O–H groups in total. The minimum absolute atomic E-state index is 0.0676. The quantitative estimate of drug-likeness (QED) is 0.229. The summed E-state index contributed by atoms with van der Waals surface area (Å²) in [6.45, 7) is 10.4. The van der Waals surface area contributed by atoms with E-state index in [4.69, 9.17) is 14.2 Å². The largest absolute Gasteiger partial charge is 0.378 e. The molecule has 0 aromatic carbocycles. The zero-order chi connectivity index (χ0) is 24.3. The molecule has 8 atom stereocenters. The molecule has 0 bridgehead atoms. The second-order valence-corrected chi connectivity index (χ2v) is 13.3. The first kappa shape index (κ1) is 26.2. The van der Waals surface area contributed by atoms with Crippen LogP contribution in [-0.2, 0) is 14.2 Å². The molecule has 3 heteroatoms. The van der Waals surface area contributed by atoms with Crippen molar-refractivity contribution in [1.82, 2.24) is 0 Å². The molecular weight excluding hydrogens is 432 g/mol. The van der Waals surface area contributed by atoms with Crippen molar-refractivity contribution in [3.8, 4) is 0 Å². The topological polar surface area (TPSA) is 27.7 Å². The fourth-order valence-electron chi connectivity index (χ4n) is 9.41. The van der Waals surface area contributed by atoms with Gasteiger partial charge in [0.05, 0.1) is 6.10 Å². The predicted octanol–water partition coefficient (Wildman–Crippen LogP) is 8.46. The molecule has 3 nitrogen and oxygen atoms in total. The first-order valence-corrected chi connectivity index (χ1v) is 15.6. The van der Waals surface area contributed by atoms with Crippen LogP contribution in [0.3, 0.4) is 0 Å². The zero-order valence-corrected chi connectivity index (χ0v) is 23.2. The Labute approximate surface area is 216 Å². The van der Waals surface area contributed by atoms with Gasteiger partial charge in [0.1, 0.15) is 0 Å². The highest BCUT2D eigenvalue weighted by atomic mass is 16.7. The third-order valence-electron chi connectivity index (χ3n) is 11.6. The van der Waals surface area contributed by atoms with Gasteiger partial charge in [-0.05, 0) is 118 Å². The molecule has 2 unspecified atom stereocenters. The van der Waals surface area contributed by atoms with Crippen molar-refractivity contribution in [3.63, 3.8) is 0 Å². The molecule has 4 aliphatic carbocycles. The molecule has 0 spiro atoms. The lowest BCUT2D eigenvalue weighted by molar-refractivity contribution is -0.162. The van der Waals surface area contributed by atoms with Crippen LogP contribution in [0.25, 0.3) is 0 Å². The average Bonchev–Trinajstić information content (AvgIpc) is 3.22. The molecule has 0 radical (unpaired) electrons. The van der Waals surface area contributed by atoms with Gasteiger partial charge in [0, 0.05) is 19.8 Å². The van der Waals surface area contributed by atoms with Gasteiger partial charge in [-0.1, -0.05) is 51.7 Å². The molecule has 0 aromatic heterocycles. The standard InChI is InChI=1S/C32H54O3/c1-4-24-13-15-28-27-14-12-25-23-26(16-18-32(25,3)29(27)17-19-31(24,28)2)33-20-8-5-6-9-21-34-30-11-7-10-22-35-30/h12,24,26-30H,4-11,13-23H2,1-3H3/t24-,26?,27-,28-,29-,30?,31+,32-/m0/s1. The molecule has 0 amide bonds. The Morgan fingerprint density at radius 3 is 2.49 bits per heavy atom. The third-order valence-corrected chi connectivity index (χ3v) is 11.6. The van der Waals surface area contributed by atoms with Crippen molar-refractivity contribution in [2.45, 2.75) is 136 Å². The van der Waals surface area contributed by atoms with Gasteiger partial charge < -0.3 is 14.2 Å². The van der Waals surface area contributed by atoms with Crippen molar-refractivity contribution in [2.24, 2.45) is 34.5 Å². The van der Waals surface area contributed by atoms with Crippen molar-refractivity contribution in [2.75, 3.05) is 19.8 Å². The zero-order valence-electron chi connectivity index (χ0n) is 23.2. The molecule has 4 fully saturated rings. The van der Waals surface area contributed by atoms with Gasteiger partial charge in [0.2, 0.25) is 0 Å². The summed E-state index contributed by atoms with van der Waals surface area (Å²) in [4.78, 5) is 0. The molecule has 5 aliphatic rings. The number of allylic oxidation sites excluding steroid dienone is 1. The van der Waals surface area contributed by atoms with Crippen LogP contribution < -0.4 is 0 Å². The Balaban J connectivity index is 1.03. The van der Waals surface area contributed by atoms with Crippen LogP contribution >= 0.6 is 0 Å². The molecule has 0 aromatic rings. The number of hydrogen-bond acceptors (Lipinski definition) is 3. The Hall–Kier alpha value is -0.380. The normalized spacial score (nSPS) is 43.2. The smallest absolute Gasteiger partial charge is 0.157 e. The van der Waals surface area contributed by atoms with Crippen molar-refractivity contribution in [1.29, 1.82) is 0 Å². The summed E-state index contributed by atoms with van der Waals surface area (Å²) in [7, 11) is 0. The lowest BCUT2D eigenvalue weighted by atomic mass is 9.47. The van der Waals surface area contributed by atoms with Gasteiger partial charge in [0.25, 0.3) is 0 Å². The summed E-state index contributed by atoms with van der Waals surface area (Å²) in [5.74, 6) is 3.84. The number of rotatable bonds is 10. The number of fused-ring (bicyclic) bond motifs is 5. The van der Waals surface area contributed by atoms with E-state index in [2.05, 4.69) is 26.8 Å². The molecule has 1 saturated heterocycles. The van der Waals surface area contributed by atoms with Crippen molar-refractivity contribution < 1.29 is 14.2 Å². The Bertz CT molecular complexity index is 712. The maximum absolute atomic E-state index is 6.44. The average molecular weight is 487 g/mol. The highest BCUT2D eigenvalue weighted by Gasteiger charge is 2.58. The van der Waals surface area contributed by atoms with E-state index >= 15 is 0 Å². The van der Waals surface area contributed by atoms with Crippen LogP contribution in [-0.4, -0.2) is 32.2 Å². The fourth-order valence-corrected chi connectivity index (χ4v) is 9.41. The summed E-state index contributed by atoms with van der Waals surface area (Å²) in [6, 6.07) is 0. The molecule has 5 rings (SSSR count). The highest BCUT2D eigenvalue weighted by molar-refractivity contribution is 5.25. The summed E-state index contributed by atoms with van der Waals surface area (Å²) in [5, 5.41) is 0. The second-order valence-electron chi connectivity index (χ2n) is 13.3. The summed E-state index contributed by atoms with van der Waals surface area (Å²) in [5.41, 5.74) is 2.86. The number of unbranched alkanes of at least 4 members (excludes halogenated alkanes) is 3. The molecule has 35 heavy (non-hydrogen) atoms. The molecular formula is C32H54O3. The lowest BCUT2D eigenvalue weighted by Gasteiger charge is -2.58. The van der Waals surface area contributed by atoms with Gasteiger partial charge in [-0.15, -0.1) is 0 Å². The second kappa shape index (κ2) is 11.6. The number of hydrogen-bond donors (Lipinski definition) is 0. The van der Waals surface area contributed by atoms with E-state index < -0.39 is 0 Å². The van der Waals surface area contributed by atoms with E-state index in [1.54, 1.807) is 5.57 Å². The molecule has 1 aliphatic heterocycles. The Morgan fingerprint density at radius 1 is 0.886 bits per heavy atom. The van der Waals surface area contributed by atoms with E-state index in [0.29, 0.717) is 16.9 Å². The Morgan fingerprint density at radius 2 is 1.71 bits per heavy atom. The van der Waals surface area contributed by atoms with E-state index in [1.165, 1.54) is 89.9 Å². The van der Waals surface area contributed by atoms with E-state index in [9.17, 15) is 0 Å². The maximum Gasteiger partial charge on any atom is 0.157 e. The lowest BCUT2D eigenvalue weighted by Crippen LogP contribution is -2.50. The van der Waals surface area contributed by atoms with Gasteiger partial charge in [-0.2, -0.15) is 0 Å². The van der Waals surface area contributed by atoms with E-state index in [1.807, 2.05) is 0 Å². The summed E-state index contributed by atoms with van der Waals surface area (Å²) >= 11 is 0. The van der Waals surface area contributed by atoms with Crippen LogP contribution in [0.2, 0.25) is 0 Å². The minimum atomic E-state index is 0.0676. The monoisotopic (exact) mass is 486 g/mol. The van der Waals surface area contributed by atoms with Gasteiger partial charge >= 0.3 is 0 Å². The predicted molar refractivity (Wildman–Crippen MR) is 143 cm³/mol. The maximum atomic E-state index is 6.44. The van der Waals surface area contributed by atoms with Crippen molar-refractivity contribution >= 4 is 0 Å². The van der Waals surface area contributed by atoms with Gasteiger partial charge in [-0.25, -0.2) is 0 Å². The van der Waals surface area contributed by atoms with Crippen LogP contribution in [0.1, 0.15) is 124 Å². The van der Waals surface area contributed by atoms with E-state index in [-0.39, 0.29) is 6.29 Å². The molecule has 200 valence electrons. The SMILES string of the molecule is CC[C@H]1CC[C@H]2[C@@H]3CC=C4CC(OCCCCCCOC5CCCCO5)CC[C@]4(C)[C@H]3CC[C@]12C. The van der Waals surface area contributed by atoms with Crippen LogP contribution in [0.5, 0.6) is 0 Å². The van der Waals surface area contributed by atoms with Crippen LogP contribution in [0.15, 0.2) is 11.6 Å². The fraction of sp³-hybridized carbons (Fsp3) is 0.938. The molecule has 1 heterocycles. The van der Waals surface area contributed by atoms with Gasteiger partial charge in [0.15, 0.2) is 6.29 Å². The third kappa shape index (κ3) is 5.44. The Kier molecular flexibility index (Phi) is 8.67. The minimum Gasteiger partial charge on any atom is -0.378 e. The molecule has 3 saturated carbocycles. The first-order valence-electron chi connectivity index (χ1n) is 15.6. The number of ether oxygens (including phenoxy) is 3. The van der Waals surface area contributed by atoms with Crippen LogP contribution in [0, 0.1) is 34.5 Å². The summed E-state index contributed by atoms with van der Waals surface area (Å²) < 4.78 is 17.9. The van der Waals surface area contributed by atoms with E-state index in [0.717, 1.165) is 56.3 Å².